The summed E-state index contributed by atoms with van der Waals surface area (Å²) in [4.78, 5) is 0. The van der Waals surface area contributed by atoms with E-state index in [9.17, 15) is 26.0 Å². The van der Waals surface area contributed by atoms with Crippen molar-refractivity contribution in [2.75, 3.05) is 0 Å². The molecule has 1 rings (SSSR count). The lowest BCUT2D eigenvalue weighted by atomic mass is 10.2. The molecule has 0 heterocycles. The summed E-state index contributed by atoms with van der Waals surface area (Å²) in [6, 6.07) is 1.70. The zero-order chi connectivity index (χ0) is 11.9. The van der Waals surface area contributed by atoms with Crippen LogP contribution in [0.4, 0.5) is 17.6 Å². The molecule has 1 N–H and O–H groups in total. The van der Waals surface area contributed by atoms with Gasteiger partial charge in [-0.1, -0.05) is 6.07 Å². The molecule has 8 heteroatoms. The highest BCUT2D eigenvalue weighted by Gasteiger charge is 2.50. The van der Waals surface area contributed by atoms with Crippen molar-refractivity contribution in [3.8, 4) is 0 Å². The van der Waals surface area contributed by atoms with E-state index in [2.05, 4.69) is 0 Å². The van der Waals surface area contributed by atoms with Crippen molar-refractivity contribution in [2.24, 2.45) is 0 Å². The summed E-state index contributed by atoms with van der Waals surface area (Å²) in [6.45, 7) is 0. The fraction of sp³-hybridized carbons (Fsp3) is 0.143. The zero-order valence-corrected chi connectivity index (χ0v) is 7.73. The number of hydrogen-bond donors (Lipinski definition) is 1. The zero-order valence-electron chi connectivity index (χ0n) is 6.92. The summed E-state index contributed by atoms with van der Waals surface area (Å²) in [7, 11) is -5.91. The van der Waals surface area contributed by atoms with Crippen LogP contribution >= 0.6 is 0 Å². The quantitative estimate of drug-likeness (QED) is 0.638. The van der Waals surface area contributed by atoms with Gasteiger partial charge in [0.2, 0.25) is 0 Å². The Kier molecular flexibility index (Phi) is 2.75. The first-order valence-corrected chi connectivity index (χ1v) is 4.91. The molecule has 0 radical (unpaired) electrons. The summed E-state index contributed by atoms with van der Waals surface area (Å²) < 4.78 is 79.9. The Morgan fingerprint density at radius 2 is 1.53 bits per heavy atom. The lowest BCUT2D eigenvalue weighted by Crippen LogP contribution is -2.28. The van der Waals surface area contributed by atoms with Crippen molar-refractivity contribution in [1.29, 1.82) is 0 Å². The average Bonchev–Trinajstić information content (AvgIpc) is 2.00. The van der Waals surface area contributed by atoms with Crippen molar-refractivity contribution in [1.82, 2.24) is 0 Å². The van der Waals surface area contributed by atoms with Crippen LogP contribution in [0.25, 0.3) is 0 Å². The Hall–Kier alpha value is -1.15. The van der Waals surface area contributed by atoms with Crippen LogP contribution in [0.1, 0.15) is 5.56 Å². The smallest absolute Gasteiger partial charge is 0.281 e. The summed E-state index contributed by atoms with van der Waals surface area (Å²) in [5, 5.41) is -5.01. The van der Waals surface area contributed by atoms with E-state index in [1.165, 1.54) is 0 Å². The predicted molar refractivity (Wildman–Crippen MR) is 41.8 cm³/mol. The molecule has 0 saturated carbocycles. The van der Waals surface area contributed by atoms with Crippen LogP contribution in [0, 0.1) is 11.6 Å². The van der Waals surface area contributed by atoms with Gasteiger partial charge in [0.05, 0.1) is 0 Å². The highest BCUT2D eigenvalue weighted by molar-refractivity contribution is 7.86. The molecular weight excluding hydrogens is 240 g/mol. The fourth-order valence-corrected chi connectivity index (χ4v) is 1.36. The first-order chi connectivity index (χ1) is 6.68. The van der Waals surface area contributed by atoms with Crippen molar-refractivity contribution >= 4 is 10.1 Å². The van der Waals surface area contributed by atoms with Gasteiger partial charge in [0.15, 0.2) is 0 Å². The van der Waals surface area contributed by atoms with Gasteiger partial charge in [-0.05, 0) is 12.1 Å². The molecule has 0 aliphatic carbocycles. The van der Waals surface area contributed by atoms with Crippen LogP contribution in [0.5, 0.6) is 0 Å². The minimum absolute atomic E-state index is 0.456. The summed E-state index contributed by atoms with van der Waals surface area (Å²) in [5.74, 6) is -3.50. The second-order valence-corrected chi connectivity index (χ2v) is 4.05. The van der Waals surface area contributed by atoms with Gasteiger partial charge in [-0.3, -0.25) is 4.55 Å². The Morgan fingerprint density at radius 1 is 1.13 bits per heavy atom. The number of rotatable bonds is 2. The summed E-state index contributed by atoms with van der Waals surface area (Å²) >= 11 is 0. The van der Waals surface area contributed by atoms with Gasteiger partial charge in [0.25, 0.3) is 0 Å². The van der Waals surface area contributed by atoms with Crippen LogP contribution in [0.15, 0.2) is 18.2 Å². The molecule has 0 aromatic heterocycles. The Balaban J connectivity index is 3.53. The van der Waals surface area contributed by atoms with Crippen LogP contribution in [-0.2, 0) is 15.4 Å². The molecule has 0 bridgehead atoms. The SMILES string of the molecule is O=S(=O)(O)C(F)(F)c1c(F)cccc1F. The molecule has 84 valence electrons. The Bertz CT molecular complexity index is 463. The lowest BCUT2D eigenvalue weighted by molar-refractivity contribution is 0.0705. The molecule has 0 aliphatic rings. The van der Waals surface area contributed by atoms with E-state index in [1.54, 1.807) is 0 Å². The van der Waals surface area contributed by atoms with Gasteiger partial charge in [0.1, 0.15) is 17.2 Å². The van der Waals surface area contributed by atoms with Gasteiger partial charge in [-0.25, -0.2) is 8.78 Å². The van der Waals surface area contributed by atoms with Crippen LogP contribution in [-0.4, -0.2) is 13.0 Å². The van der Waals surface area contributed by atoms with Gasteiger partial charge in [0, 0.05) is 0 Å². The third kappa shape index (κ3) is 1.95. The minimum Gasteiger partial charge on any atom is -0.281 e. The van der Waals surface area contributed by atoms with Gasteiger partial charge >= 0.3 is 15.4 Å². The summed E-state index contributed by atoms with van der Waals surface area (Å²) in [6.07, 6.45) is 0. The van der Waals surface area contributed by atoms with Crippen LogP contribution in [0.2, 0.25) is 0 Å². The van der Waals surface area contributed by atoms with Gasteiger partial charge in [-0.2, -0.15) is 17.2 Å². The highest BCUT2D eigenvalue weighted by atomic mass is 32.2. The molecule has 0 aliphatic heterocycles. The molecular formula is C7H4F4O3S. The molecule has 0 unspecified atom stereocenters. The number of hydrogen-bond acceptors (Lipinski definition) is 2. The monoisotopic (exact) mass is 244 g/mol. The number of halogens is 4. The molecule has 0 amide bonds. The third-order valence-electron chi connectivity index (χ3n) is 1.58. The minimum atomic E-state index is -5.91. The Labute approximate surface area is 82.1 Å². The Morgan fingerprint density at radius 3 is 1.87 bits per heavy atom. The molecule has 15 heavy (non-hydrogen) atoms. The van der Waals surface area contributed by atoms with E-state index >= 15 is 0 Å². The largest absolute Gasteiger partial charge is 0.400 e. The maximum absolute atomic E-state index is 12.9. The van der Waals surface area contributed by atoms with E-state index in [1.807, 2.05) is 0 Å². The topological polar surface area (TPSA) is 54.4 Å². The maximum Gasteiger partial charge on any atom is 0.400 e. The van der Waals surface area contributed by atoms with E-state index in [0.29, 0.717) is 12.1 Å². The number of alkyl halides is 2. The normalized spacial score (nSPS) is 12.9. The third-order valence-corrected chi connectivity index (χ3v) is 2.43. The van der Waals surface area contributed by atoms with Crippen LogP contribution in [0.3, 0.4) is 0 Å². The molecule has 0 saturated heterocycles. The second-order valence-electron chi connectivity index (χ2n) is 2.59. The van der Waals surface area contributed by atoms with E-state index in [4.69, 9.17) is 4.55 Å². The maximum atomic E-state index is 12.9. The van der Waals surface area contributed by atoms with Crippen molar-refractivity contribution < 1.29 is 30.5 Å². The van der Waals surface area contributed by atoms with E-state index in [-0.39, 0.29) is 0 Å². The number of benzene rings is 1. The molecule has 0 spiro atoms. The standard InChI is InChI=1S/C7H4F4O3S/c8-4-2-1-3-5(9)6(4)7(10,11)15(12,13)14/h1-3H,(H,12,13,14). The van der Waals surface area contributed by atoms with Crippen LogP contribution < -0.4 is 0 Å². The molecule has 1 aromatic rings. The lowest BCUT2D eigenvalue weighted by Gasteiger charge is -2.14. The van der Waals surface area contributed by atoms with Crippen molar-refractivity contribution in [3.63, 3.8) is 0 Å². The van der Waals surface area contributed by atoms with E-state index < -0.39 is 32.6 Å². The first kappa shape index (κ1) is 11.9. The second kappa shape index (κ2) is 3.46. The molecule has 0 fully saturated rings. The fourth-order valence-electron chi connectivity index (χ4n) is 0.905. The van der Waals surface area contributed by atoms with Crippen molar-refractivity contribution in [2.45, 2.75) is 5.25 Å². The highest BCUT2D eigenvalue weighted by Crippen LogP contribution is 2.36. The van der Waals surface area contributed by atoms with Gasteiger partial charge in [-0.15, -0.1) is 0 Å². The predicted octanol–water partition coefficient (Wildman–Crippen LogP) is 1.90. The van der Waals surface area contributed by atoms with E-state index in [0.717, 1.165) is 6.07 Å². The summed E-state index contributed by atoms with van der Waals surface area (Å²) in [5.41, 5.74) is -1.99. The van der Waals surface area contributed by atoms with Gasteiger partial charge < -0.3 is 0 Å². The average molecular weight is 244 g/mol. The first-order valence-electron chi connectivity index (χ1n) is 3.47. The van der Waals surface area contributed by atoms with Crippen molar-refractivity contribution in [3.05, 3.63) is 35.4 Å². The molecule has 0 atom stereocenters. The molecule has 1 aromatic carbocycles. The molecule has 3 nitrogen and oxygen atoms in total.